The summed E-state index contributed by atoms with van der Waals surface area (Å²) in [6.07, 6.45) is 1.12. The molecule has 0 fully saturated rings. The van der Waals surface area contributed by atoms with E-state index in [2.05, 4.69) is 56.4 Å². The van der Waals surface area contributed by atoms with Crippen LogP contribution >= 0.6 is 0 Å². The average molecular weight is 283 g/mol. The Hall–Kier alpha value is -1.80. The summed E-state index contributed by atoms with van der Waals surface area (Å²) < 4.78 is 5.26. The summed E-state index contributed by atoms with van der Waals surface area (Å²) in [7, 11) is 1.70. The Bertz CT molecular complexity index is 575. The van der Waals surface area contributed by atoms with Crippen molar-refractivity contribution < 1.29 is 4.74 Å². The van der Waals surface area contributed by atoms with E-state index in [1.165, 1.54) is 22.3 Å². The molecule has 0 amide bonds. The maximum Gasteiger partial charge on any atom is 0.118 e. The number of ether oxygens (including phenoxy) is 1. The third-order valence-electron chi connectivity index (χ3n) is 4.01. The first kappa shape index (κ1) is 15.6. The summed E-state index contributed by atoms with van der Waals surface area (Å²) in [4.78, 5) is 0. The highest BCUT2D eigenvalue weighted by atomic mass is 16.5. The molecule has 0 aliphatic rings. The minimum atomic E-state index is 0.232. The van der Waals surface area contributed by atoms with Gasteiger partial charge in [-0.1, -0.05) is 37.3 Å². The second kappa shape index (κ2) is 7.28. The van der Waals surface area contributed by atoms with Gasteiger partial charge in [-0.05, 0) is 61.2 Å². The molecule has 2 aromatic rings. The van der Waals surface area contributed by atoms with Crippen LogP contribution < -0.4 is 10.1 Å². The molecular formula is C19H25NO. The largest absolute Gasteiger partial charge is 0.497 e. The van der Waals surface area contributed by atoms with E-state index >= 15 is 0 Å². The monoisotopic (exact) mass is 283 g/mol. The van der Waals surface area contributed by atoms with Gasteiger partial charge >= 0.3 is 0 Å². The van der Waals surface area contributed by atoms with Crippen molar-refractivity contribution in [3.63, 3.8) is 0 Å². The molecule has 1 N–H and O–H groups in total. The molecule has 2 nitrogen and oxygen atoms in total. The van der Waals surface area contributed by atoms with Gasteiger partial charge in [-0.2, -0.15) is 0 Å². The van der Waals surface area contributed by atoms with Crippen LogP contribution in [0.15, 0.2) is 42.5 Å². The summed E-state index contributed by atoms with van der Waals surface area (Å²) >= 11 is 0. The maximum absolute atomic E-state index is 5.26. The molecule has 0 aliphatic heterocycles. The minimum absolute atomic E-state index is 0.232. The van der Waals surface area contributed by atoms with Gasteiger partial charge in [0.05, 0.1) is 13.2 Å². The lowest BCUT2D eigenvalue weighted by Gasteiger charge is -2.22. The molecule has 1 unspecified atom stereocenters. The molecule has 0 saturated carbocycles. The Morgan fingerprint density at radius 1 is 1.05 bits per heavy atom. The van der Waals surface area contributed by atoms with Gasteiger partial charge in [0, 0.05) is 0 Å². The van der Waals surface area contributed by atoms with Crippen LogP contribution in [0.5, 0.6) is 5.75 Å². The number of nitrogens with one attached hydrogen (secondary N) is 1. The Balaban J connectivity index is 2.39. The van der Waals surface area contributed by atoms with Crippen molar-refractivity contribution in [2.45, 2.75) is 33.2 Å². The second-order valence-corrected chi connectivity index (χ2v) is 5.45. The van der Waals surface area contributed by atoms with Crippen molar-refractivity contribution in [2.24, 2.45) is 0 Å². The lowest BCUT2D eigenvalue weighted by Crippen LogP contribution is -2.24. The van der Waals surface area contributed by atoms with Gasteiger partial charge in [0.1, 0.15) is 5.75 Å². The van der Waals surface area contributed by atoms with Crippen molar-refractivity contribution in [3.8, 4) is 5.75 Å². The van der Waals surface area contributed by atoms with Gasteiger partial charge in [-0.3, -0.25) is 0 Å². The van der Waals surface area contributed by atoms with E-state index in [4.69, 9.17) is 4.74 Å². The van der Waals surface area contributed by atoms with Crippen molar-refractivity contribution in [1.29, 1.82) is 0 Å². The van der Waals surface area contributed by atoms with E-state index in [1.807, 2.05) is 12.1 Å². The molecule has 21 heavy (non-hydrogen) atoms. The fourth-order valence-corrected chi connectivity index (χ4v) is 2.58. The van der Waals surface area contributed by atoms with E-state index in [0.717, 1.165) is 18.7 Å². The maximum atomic E-state index is 5.26. The first-order valence-electron chi connectivity index (χ1n) is 7.60. The Morgan fingerprint density at radius 2 is 1.76 bits per heavy atom. The van der Waals surface area contributed by atoms with Crippen LogP contribution in [0.2, 0.25) is 0 Å². The van der Waals surface area contributed by atoms with Gasteiger partial charge in [0.2, 0.25) is 0 Å². The van der Waals surface area contributed by atoms with Crippen molar-refractivity contribution in [1.82, 2.24) is 5.32 Å². The normalized spacial score (nSPS) is 12.2. The molecule has 2 heteroatoms. The smallest absolute Gasteiger partial charge is 0.118 e. The van der Waals surface area contributed by atoms with Gasteiger partial charge in [-0.15, -0.1) is 0 Å². The highest BCUT2D eigenvalue weighted by Crippen LogP contribution is 2.27. The fourth-order valence-electron chi connectivity index (χ4n) is 2.58. The Labute approximate surface area is 128 Å². The van der Waals surface area contributed by atoms with Crippen LogP contribution in [-0.4, -0.2) is 13.7 Å². The summed E-state index contributed by atoms with van der Waals surface area (Å²) in [5, 5.41) is 3.67. The first-order valence-corrected chi connectivity index (χ1v) is 7.60. The predicted molar refractivity (Wildman–Crippen MR) is 89.0 cm³/mol. The summed E-state index contributed by atoms with van der Waals surface area (Å²) in [6, 6.07) is 15.1. The SMILES string of the molecule is CCCNC(c1ccc(OC)cc1)c1cccc(C)c1C. The van der Waals surface area contributed by atoms with Crippen LogP contribution in [0.25, 0.3) is 0 Å². The molecule has 0 heterocycles. The van der Waals surface area contributed by atoms with Gasteiger partial charge in [0.15, 0.2) is 0 Å². The standard InChI is InChI=1S/C19H25NO/c1-5-13-20-19(16-9-11-17(21-4)12-10-16)18-8-6-7-14(2)15(18)3/h6-12,19-20H,5,13H2,1-4H3. The van der Waals surface area contributed by atoms with Crippen molar-refractivity contribution in [3.05, 3.63) is 64.7 Å². The zero-order chi connectivity index (χ0) is 15.2. The highest BCUT2D eigenvalue weighted by molar-refractivity contribution is 5.41. The average Bonchev–Trinajstić information content (AvgIpc) is 2.52. The molecule has 0 radical (unpaired) electrons. The van der Waals surface area contributed by atoms with Crippen LogP contribution in [-0.2, 0) is 0 Å². The van der Waals surface area contributed by atoms with Gasteiger partial charge < -0.3 is 10.1 Å². The number of methoxy groups -OCH3 is 1. The third kappa shape index (κ3) is 3.64. The minimum Gasteiger partial charge on any atom is -0.497 e. The molecule has 0 spiro atoms. The lowest BCUT2D eigenvalue weighted by molar-refractivity contribution is 0.414. The second-order valence-electron chi connectivity index (χ2n) is 5.45. The number of benzene rings is 2. The molecule has 0 saturated heterocycles. The van der Waals surface area contributed by atoms with E-state index in [0.29, 0.717) is 0 Å². The number of hydrogen-bond acceptors (Lipinski definition) is 2. The quantitative estimate of drug-likeness (QED) is 0.848. The number of rotatable bonds is 6. The summed E-state index contributed by atoms with van der Waals surface area (Å²) in [6.45, 7) is 7.57. The third-order valence-corrected chi connectivity index (χ3v) is 4.01. The van der Waals surface area contributed by atoms with Crippen molar-refractivity contribution in [2.75, 3.05) is 13.7 Å². The van der Waals surface area contributed by atoms with Crippen LogP contribution in [0.4, 0.5) is 0 Å². The Kier molecular flexibility index (Phi) is 5.40. The molecule has 112 valence electrons. The molecule has 0 aliphatic carbocycles. The zero-order valence-electron chi connectivity index (χ0n) is 13.4. The van der Waals surface area contributed by atoms with Gasteiger partial charge in [0.25, 0.3) is 0 Å². The van der Waals surface area contributed by atoms with E-state index < -0.39 is 0 Å². The lowest BCUT2D eigenvalue weighted by atomic mass is 9.92. The first-order chi connectivity index (χ1) is 10.2. The molecule has 0 bridgehead atoms. The van der Waals surface area contributed by atoms with E-state index in [-0.39, 0.29) is 6.04 Å². The summed E-state index contributed by atoms with van der Waals surface area (Å²) in [5.41, 5.74) is 5.33. The highest BCUT2D eigenvalue weighted by Gasteiger charge is 2.16. The predicted octanol–water partition coefficient (Wildman–Crippen LogP) is 4.40. The van der Waals surface area contributed by atoms with Crippen LogP contribution in [0.3, 0.4) is 0 Å². The number of aryl methyl sites for hydroxylation is 1. The van der Waals surface area contributed by atoms with Gasteiger partial charge in [-0.25, -0.2) is 0 Å². The van der Waals surface area contributed by atoms with Crippen LogP contribution in [0.1, 0.15) is 41.6 Å². The van der Waals surface area contributed by atoms with E-state index in [9.17, 15) is 0 Å². The molecular weight excluding hydrogens is 258 g/mol. The molecule has 0 aromatic heterocycles. The Morgan fingerprint density at radius 3 is 2.38 bits per heavy atom. The summed E-state index contributed by atoms with van der Waals surface area (Å²) in [5.74, 6) is 0.897. The topological polar surface area (TPSA) is 21.3 Å². The number of hydrogen-bond donors (Lipinski definition) is 1. The van der Waals surface area contributed by atoms with E-state index in [1.54, 1.807) is 7.11 Å². The molecule has 2 rings (SSSR count). The molecule has 1 atom stereocenters. The van der Waals surface area contributed by atoms with Crippen molar-refractivity contribution >= 4 is 0 Å². The molecule has 2 aromatic carbocycles. The fraction of sp³-hybridized carbons (Fsp3) is 0.368. The van der Waals surface area contributed by atoms with Crippen LogP contribution in [0, 0.1) is 13.8 Å². The zero-order valence-corrected chi connectivity index (χ0v) is 13.4.